The highest BCUT2D eigenvalue weighted by molar-refractivity contribution is 5.76. The van der Waals surface area contributed by atoms with Crippen LogP contribution in [-0.2, 0) is 4.79 Å². The Bertz CT molecular complexity index is 430. The van der Waals surface area contributed by atoms with Crippen LogP contribution in [0.25, 0.3) is 0 Å². The molecule has 0 radical (unpaired) electrons. The summed E-state index contributed by atoms with van der Waals surface area (Å²) >= 11 is 0. The third-order valence-electron chi connectivity index (χ3n) is 3.60. The highest BCUT2D eigenvalue weighted by Crippen LogP contribution is 2.17. The monoisotopic (exact) mass is 264 g/mol. The Hall–Kier alpha value is -1.42. The van der Waals surface area contributed by atoms with Gasteiger partial charge in [0.25, 0.3) is 0 Å². The summed E-state index contributed by atoms with van der Waals surface area (Å²) in [5, 5.41) is 6.24. The second kappa shape index (κ2) is 6.66. The van der Waals surface area contributed by atoms with Gasteiger partial charge < -0.3 is 10.6 Å². The van der Waals surface area contributed by atoms with Crippen molar-refractivity contribution in [2.75, 3.05) is 13.1 Å². The molecule has 1 aliphatic rings. The van der Waals surface area contributed by atoms with Crippen molar-refractivity contribution in [3.8, 4) is 0 Å². The van der Waals surface area contributed by atoms with E-state index in [1.165, 1.54) is 12.1 Å². The van der Waals surface area contributed by atoms with E-state index in [4.69, 9.17) is 0 Å². The van der Waals surface area contributed by atoms with Crippen LogP contribution in [0.2, 0.25) is 0 Å². The molecule has 104 valence electrons. The molecule has 1 aliphatic heterocycles. The molecule has 1 unspecified atom stereocenters. The van der Waals surface area contributed by atoms with Crippen LogP contribution in [0, 0.1) is 11.7 Å². The zero-order valence-electron chi connectivity index (χ0n) is 11.3. The lowest BCUT2D eigenvalue weighted by Gasteiger charge is -2.23. The van der Waals surface area contributed by atoms with Crippen molar-refractivity contribution in [1.29, 1.82) is 0 Å². The normalized spacial score (nSPS) is 20.8. The first-order chi connectivity index (χ1) is 9.15. The maximum atomic E-state index is 13.1. The molecule has 19 heavy (non-hydrogen) atoms. The van der Waals surface area contributed by atoms with Gasteiger partial charge in [-0.15, -0.1) is 0 Å². The zero-order chi connectivity index (χ0) is 13.7. The van der Waals surface area contributed by atoms with Crippen LogP contribution in [0.3, 0.4) is 0 Å². The van der Waals surface area contributed by atoms with Crippen molar-refractivity contribution in [1.82, 2.24) is 10.6 Å². The number of benzene rings is 1. The first kappa shape index (κ1) is 14.0. The summed E-state index contributed by atoms with van der Waals surface area (Å²) in [5.41, 5.74) is 0.801. The number of hydrogen-bond donors (Lipinski definition) is 2. The molecule has 2 N–H and O–H groups in total. The van der Waals surface area contributed by atoms with Gasteiger partial charge in [0, 0.05) is 6.42 Å². The van der Waals surface area contributed by atoms with Crippen LogP contribution in [-0.4, -0.2) is 19.0 Å². The minimum atomic E-state index is -0.268. The van der Waals surface area contributed by atoms with Crippen molar-refractivity contribution in [3.05, 3.63) is 35.6 Å². The lowest BCUT2D eigenvalue weighted by molar-refractivity contribution is -0.122. The van der Waals surface area contributed by atoms with Crippen LogP contribution in [0.5, 0.6) is 0 Å². The maximum Gasteiger partial charge on any atom is 0.220 e. The van der Waals surface area contributed by atoms with Gasteiger partial charge in [0.1, 0.15) is 5.82 Å². The molecule has 3 nitrogen and oxygen atoms in total. The second-order valence-electron chi connectivity index (χ2n) is 5.26. The Labute approximate surface area is 113 Å². The smallest absolute Gasteiger partial charge is 0.220 e. The quantitative estimate of drug-likeness (QED) is 0.876. The Morgan fingerprint density at radius 1 is 1.58 bits per heavy atom. The molecule has 0 bridgehead atoms. The van der Waals surface area contributed by atoms with Gasteiger partial charge in [0.15, 0.2) is 0 Å². The molecule has 2 rings (SSSR count). The molecule has 0 saturated carbocycles. The number of hydrogen-bond acceptors (Lipinski definition) is 2. The lowest BCUT2D eigenvalue weighted by Crippen LogP contribution is -2.35. The fraction of sp³-hybridized carbons (Fsp3) is 0.533. The van der Waals surface area contributed by atoms with Crippen LogP contribution < -0.4 is 10.6 Å². The number of halogens is 1. The third-order valence-corrected chi connectivity index (χ3v) is 3.60. The molecule has 1 heterocycles. The molecule has 0 aromatic heterocycles. The zero-order valence-corrected chi connectivity index (χ0v) is 11.3. The average Bonchev–Trinajstić information content (AvgIpc) is 2.39. The summed E-state index contributed by atoms with van der Waals surface area (Å²) in [6.45, 7) is 3.85. The molecular formula is C15H21FN2O. The molecule has 0 spiro atoms. The van der Waals surface area contributed by atoms with E-state index < -0.39 is 0 Å². The van der Waals surface area contributed by atoms with E-state index in [1.54, 1.807) is 6.07 Å². The molecule has 1 aromatic carbocycles. The molecule has 0 aliphatic carbocycles. The fourth-order valence-corrected chi connectivity index (χ4v) is 2.52. The van der Waals surface area contributed by atoms with Crippen LogP contribution in [0.4, 0.5) is 4.39 Å². The van der Waals surface area contributed by atoms with Crippen molar-refractivity contribution in [2.45, 2.75) is 32.2 Å². The van der Waals surface area contributed by atoms with Crippen LogP contribution in [0.1, 0.15) is 37.8 Å². The number of amides is 1. The Balaban J connectivity index is 1.84. The molecular weight excluding hydrogens is 243 g/mol. The van der Waals surface area contributed by atoms with Crippen molar-refractivity contribution < 1.29 is 9.18 Å². The maximum absolute atomic E-state index is 13.1. The molecule has 1 fully saturated rings. The average molecular weight is 264 g/mol. The topological polar surface area (TPSA) is 41.1 Å². The minimum Gasteiger partial charge on any atom is -0.350 e. The van der Waals surface area contributed by atoms with Crippen molar-refractivity contribution in [3.63, 3.8) is 0 Å². The number of piperidine rings is 1. The van der Waals surface area contributed by atoms with E-state index in [9.17, 15) is 9.18 Å². The van der Waals surface area contributed by atoms with Crippen molar-refractivity contribution >= 4 is 5.91 Å². The third kappa shape index (κ3) is 4.31. The molecule has 2 atom stereocenters. The highest BCUT2D eigenvalue weighted by Gasteiger charge is 2.18. The standard InChI is InChI=1S/C15H21FN2O/c1-11(13-5-2-6-14(16)9-13)18-15(19)8-12-4-3-7-17-10-12/h2,5-6,9,11-12,17H,3-4,7-8,10H2,1H3,(H,18,19)/t11-,12?/m1/s1. The predicted molar refractivity (Wildman–Crippen MR) is 73.2 cm³/mol. The van der Waals surface area contributed by atoms with Crippen molar-refractivity contribution in [2.24, 2.45) is 5.92 Å². The highest BCUT2D eigenvalue weighted by atomic mass is 19.1. The fourth-order valence-electron chi connectivity index (χ4n) is 2.52. The summed E-state index contributed by atoms with van der Waals surface area (Å²) in [5.74, 6) is 0.203. The lowest BCUT2D eigenvalue weighted by atomic mass is 9.95. The first-order valence-corrected chi connectivity index (χ1v) is 6.90. The largest absolute Gasteiger partial charge is 0.350 e. The van der Waals surface area contributed by atoms with Gasteiger partial charge in [0.05, 0.1) is 6.04 Å². The van der Waals surface area contributed by atoms with Gasteiger partial charge in [-0.2, -0.15) is 0 Å². The minimum absolute atomic E-state index is 0.0467. The molecule has 1 aromatic rings. The van der Waals surface area contributed by atoms with E-state index in [2.05, 4.69) is 10.6 Å². The Kier molecular flexibility index (Phi) is 4.91. The van der Waals surface area contributed by atoms with Gasteiger partial charge >= 0.3 is 0 Å². The van der Waals surface area contributed by atoms with Crippen LogP contribution in [0.15, 0.2) is 24.3 Å². The summed E-state index contributed by atoms with van der Waals surface area (Å²) in [4.78, 5) is 11.9. The summed E-state index contributed by atoms with van der Waals surface area (Å²) in [6.07, 6.45) is 2.79. The van der Waals surface area contributed by atoms with E-state index in [0.29, 0.717) is 12.3 Å². The van der Waals surface area contributed by atoms with E-state index >= 15 is 0 Å². The summed E-state index contributed by atoms with van der Waals surface area (Å²) < 4.78 is 13.1. The molecule has 4 heteroatoms. The van der Waals surface area contributed by atoms with Gasteiger partial charge in [0.2, 0.25) is 5.91 Å². The summed E-state index contributed by atoms with van der Waals surface area (Å²) in [7, 11) is 0. The molecule has 1 amide bonds. The van der Waals surface area contributed by atoms with Gasteiger partial charge in [-0.25, -0.2) is 4.39 Å². The number of nitrogens with one attached hydrogen (secondary N) is 2. The van der Waals surface area contributed by atoms with Gasteiger partial charge in [-0.1, -0.05) is 12.1 Å². The Morgan fingerprint density at radius 3 is 3.11 bits per heavy atom. The number of rotatable bonds is 4. The predicted octanol–water partition coefficient (Wildman–Crippen LogP) is 2.39. The van der Waals surface area contributed by atoms with Gasteiger partial charge in [-0.3, -0.25) is 4.79 Å². The summed E-state index contributed by atoms with van der Waals surface area (Å²) in [6, 6.07) is 6.22. The number of carbonyl (C=O) groups is 1. The second-order valence-corrected chi connectivity index (χ2v) is 5.26. The Morgan fingerprint density at radius 2 is 2.42 bits per heavy atom. The van der Waals surface area contributed by atoms with E-state index in [1.807, 2.05) is 13.0 Å². The first-order valence-electron chi connectivity index (χ1n) is 6.90. The number of carbonyl (C=O) groups excluding carboxylic acids is 1. The van der Waals surface area contributed by atoms with E-state index in [0.717, 1.165) is 31.5 Å². The SMILES string of the molecule is C[C@@H](NC(=O)CC1CCCNC1)c1cccc(F)c1. The molecule has 1 saturated heterocycles. The van der Waals surface area contributed by atoms with E-state index in [-0.39, 0.29) is 17.8 Å². The van der Waals surface area contributed by atoms with Crippen LogP contribution >= 0.6 is 0 Å². The van der Waals surface area contributed by atoms with Gasteiger partial charge in [-0.05, 0) is 56.5 Å².